The van der Waals surface area contributed by atoms with Crippen LogP contribution in [0.25, 0.3) is 16.8 Å². The molecule has 0 radical (unpaired) electrons. The first-order valence-electron chi connectivity index (χ1n) is 10.7. The van der Waals surface area contributed by atoms with Crippen LogP contribution in [0, 0.1) is 0 Å². The molecule has 0 spiro atoms. The first kappa shape index (κ1) is 23.2. The minimum absolute atomic E-state index is 0. The summed E-state index contributed by atoms with van der Waals surface area (Å²) in [6.07, 6.45) is 4.41. The summed E-state index contributed by atoms with van der Waals surface area (Å²) in [4.78, 5) is 7.00. The molecule has 9 heteroatoms. The number of hydrogen-bond donors (Lipinski definition) is 2. The largest absolute Gasteiger partial charge is 0.508 e. The van der Waals surface area contributed by atoms with Gasteiger partial charge in [0.1, 0.15) is 18.1 Å². The van der Waals surface area contributed by atoms with Crippen molar-refractivity contribution in [2.24, 2.45) is 0 Å². The lowest BCUT2D eigenvalue weighted by Crippen LogP contribution is -2.25. The number of phenolic OH excluding ortho intramolecular Hbond substituents is 1. The fourth-order valence-electron chi connectivity index (χ4n) is 3.90. The SMILES string of the molecule is Cl.Oc1ccc(Cl)c(-c2ccn3nc(Nc4ccc(OCCN5CCCC5)cc4)nc3c2)c1. The quantitative estimate of drug-likeness (QED) is 0.365. The number of fused-ring (bicyclic) bond motifs is 1. The molecule has 0 bridgehead atoms. The number of pyridine rings is 1. The van der Waals surface area contributed by atoms with E-state index < -0.39 is 0 Å². The number of aromatic hydroxyl groups is 1. The Morgan fingerprint density at radius 3 is 2.61 bits per heavy atom. The number of phenols is 1. The van der Waals surface area contributed by atoms with Crippen molar-refractivity contribution in [3.05, 3.63) is 65.8 Å². The normalized spacial score (nSPS) is 13.7. The summed E-state index contributed by atoms with van der Waals surface area (Å²) >= 11 is 6.29. The second kappa shape index (κ2) is 10.3. The van der Waals surface area contributed by atoms with Gasteiger partial charge in [0.25, 0.3) is 0 Å². The van der Waals surface area contributed by atoms with Crippen molar-refractivity contribution in [1.82, 2.24) is 19.5 Å². The van der Waals surface area contributed by atoms with Gasteiger partial charge in [0.2, 0.25) is 5.95 Å². The van der Waals surface area contributed by atoms with Gasteiger partial charge in [-0.25, -0.2) is 4.52 Å². The Morgan fingerprint density at radius 2 is 1.82 bits per heavy atom. The number of aromatic nitrogens is 3. The molecule has 33 heavy (non-hydrogen) atoms. The molecule has 2 aromatic carbocycles. The van der Waals surface area contributed by atoms with Gasteiger partial charge >= 0.3 is 0 Å². The number of ether oxygens (including phenoxy) is 1. The van der Waals surface area contributed by atoms with Crippen molar-refractivity contribution < 1.29 is 9.84 Å². The average molecular weight is 486 g/mol. The molecule has 0 atom stereocenters. The lowest BCUT2D eigenvalue weighted by atomic mass is 10.1. The highest BCUT2D eigenvalue weighted by Gasteiger charge is 2.11. The first-order chi connectivity index (χ1) is 15.6. The molecule has 0 unspecified atom stereocenters. The van der Waals surface area contributed by atoms with E-state index >= 15 is 0 Å². The van der Waals surface area contributed by atoms with Crippen LogP contribution < -0.4 is 10.1 Å². The number of anilines is 2. The third kappa shape index (κ3) is 5.50. The van der Waals surface area contributed by atoms with Crippen LogP contribution in [-0.4, -0.2) is 50.8 Å². The van der Waals surface area contributed by atoms with Crippen LogP contribution in [0.15, 0.2) is 60.8 Å². The predicted molar refractivity (Wildman–Crippen MR) is 133 cm³/mol. The zero-order valence-corrected chi connectivity index (χ0v) is 19.5. The summed E-state index contributed by atoms with van der Waals surface area (Å²) in [5.41, 5.74) is 3.15. The fraction of sp³-hybridized carbons (Fsp3) is 0.250. The van der Waals surface area contributed by atoms with Gasteiger partial charge in [-0.3, -0.25) is 4.90 Å². The van der Waals surface area contributed by atoms with E-state index in [0.29, 0.717) is 23.2 Å². The molecule has 1 aliphatic heterocycles. The maximum atomic E-state index is 9.78. The molecule has 1 fully saturated rings. The molecule has 1 saturated heterocycles. The third-order valence-electron chi connectivity index (χ3n) is 5.58. The molecule has 172 valence electrons. The molecule has 7 nitrogen and oxygen atoms in total. The van der Waals surface area contributed by atoms with Gasteiger partial charge in [0.15, 0.2) is 5.65 Å². The lowest BCUT2D eigenvalue weighted by molar-refractivity contribution is 0.238. The summed E-state index contributed by atoms with van der Waals surface area (Å²) in [5, 5.41) is 18.0. The number of hydrogen-bond acceptors (Lipinski definition) is 6. The zero-order valence-electron chi connectivity index (χ0n) is 17.9. The summed E-state index contributed by atoms with van der Waals surface area (Å²) in [6, 6.07) is 16.5. The summed E-state index contributed by atoms with van der Waals surface area (Å²) in [5.74, 6) is 1.51. The van der Waals surface area contributed by atoms with Gasteiger partial charge in [-0.15, -0.1) is 17.5 Å². The summed E-state index contributed by atoms with van der Waals surface area (Å²) < 4.78 is 7.55. The van der Waals surface area contributed by atoms with E-state index in [2.05, 4.69) is 20.3 Å². The second-order valence-electron chi connectivity index (χ2n) is 7.86. The Kier molecular flexibility index (Phi) is 7.23. The predicted octanol–water partition coefficient (Wildman–Crippen LogP) is 5.40. The Balaban J connectivity index is 0.00000259. The summed E-state index contributed by atoms with van der Waals surface area (Å²) in [6.45, 7) is 4.04. The topological polar surface area (TPSA) is 74.9 Å². The number of nitrogens with one attached hydrogen (secondary N) is 1. The minimum Gasteiger partial charge on any atom is -0.508 e. The van der Waals surface area contributed by atoms with Crippen molar-refractivity contribution in [3.63, 3.8) is 0 Å². The zero-order chi connectivity index (χ0) is 21.9. The van der Waals surface area contributed by atoms with Crippen molar-refractivity contribution in [2.75, 3.05) is 31.6 Å². The molecule has 4 aromatic rings. The highest BCUT2D eigenvalue weighted by atomic mass is 35.5. The van der Waals surface area contributed by atoms with Crippen molar-refractivity contribution in [3.8, 4) is 22.6 Å². The number of rotatable bonds is 7. The van der Waals surface area contributed by atoms with Crippen molar-refractivity contribution in [2.45, 2.75) is 12.8 Å². The van der Waals surface area contributed by atoms with E-state index in [9.17, 15) is 5.11 Å². The van der Waals surface area contributed by atoms with Gasteiger partial charge in [0.05, 0.1) is 0 Å². The van der Waals surface area contributed by atoms with E-state index in [1.54, 1.807) is 22.7 Å². The van der Waals surface area contributed by atoms with Gasteiger partial charge in [0, 0.05) is 29.0 Å². The monoisotopic (exact) mass is 485 g/mol. The number of nitrogens with zero attached hydrogens (tertiary/aromatic N) is 4. The molecule has 1 aliphatic rings. The number of halogens is 2. The van der Waals surface area contributed by atoms with Gasteiger partial charge in [-0.05, 0) is 86.1 Å². The molecule has 0 saturated carbocycles. The van der Waals surface area contributed by atoms with Crippen LogP contribution >= 0.6 is 24.0 Å². The van der Waals surface area contributed by atoms with Crippen molar-refractivity contribution >= 4 is 41.3 Å². The number of benzene rings is 2. The molecule has 3 heterocycles. The molecule has 0 aliphatic carbocycles. The fourth-order valence-corrected chi connectivity index (χ4v) is 4.13. The minimum atomic E-state index is 0. The standard InChI is InChI=1S/C24H24ClN5O2.ClH/c25-22-8-5-19(31)16-21(22)17-9-12-30-23(15-17)27-24(28-30)26-18-3-6-20(7-4-18)32-14-13-29-10-1-2-11-29;/h3-9,12,15-16,31H,1-2,10-11,13-14H2,(H,26,28);1H. The highest BCUT2D eigenvalue weighted by molar-refractivity contribution is 6.33. The third-order valence-corrected chi connectivity index (χ3v) is 5.91. The molecular formula is C24H25Cl2N5O2. The summed E-state index contributed by atoms with van der Waals surface area (Å²) in [7, 11) is 0. The molecule has 0 amide bonds. The van der Waals surface area contributed by atoms with Gasteiger partial charge < -0.3 is 15.2 Å². The lowest BCUT2D eigenvalue weighted by Gasteiger charge is -2.15. The van der Waals surface area contributed by atoms with Crippen LogP contribution in [-0.2, 0) is 0 Å². The second-order valence-corrected chi connectivity index (χ2v) is 8.27. The first-order valence-corrected chi connectivity index (χ1v) is 11.1. The number of likely N-dealkylation sites (tertiary alicyclic amines) is 1. The van der Waals surface area contributed by atoms with Crippen LogP contribution in [0.1, 0.15) is 12.8 Å². The maximum absolute atomic E-state index is 9.78. The van der Waals surface area contributed by atoms with Crippen LogP contribution in [0.3, 0.4) is 0 Å². The van der Waals surface area contributed by atoms with E-state index in [1.807, 2.05) is 42.6 Å². The molecular weight excluding hydrogens is 461 g/mol. The van der Waals surface area contributed by atoms with Crippen molar-refractivity contribution in [1.29, 1.82) is 0 Å². The van der Waals surface area contributed by atoms with E-state index in [0.717, 1.165) is 29.1 Å². The van der Waals surface area contributed by atoms with Crippen LogP contribution in [0.5, 0.6) is 11.5 Å². The Hall–Kier alpha value is -3.00. The maximum Gasteiger partial charge on any atom is 0.247 e. The van der Waals surface area contributed by atoms with Gasteiger partial charge in [-0.2, -0.15) is 4.98 Å². The van der Waals surface area contributed by atoms with Crippen LogP contribution in [0.4, 0.5) is 11.6 Å². The molecule has 2 N–H and O–H groups in total. The Bertz CT molecular complexity index is 1220. The van der Waals surface area contributed by atoms with E-state index in [-0.39, 0.29) is 18.2 Å². The van der Waals surface area contributed by atoms with E-state index in [4.69, 9.17) is 16.3 Å². The van der Waals surface area contributed by atoms with Gasteiger partial charge in [-0.1, -0.05) is 11.6 Å². The highest BCUT2D eigenvalue weighted by Crippen LogP contribution is 2.31. The molecule has 2 aromatic heterocycles. The smallest absolute Gasteiger partial charge is 0.247 e. The Labute approximate surface area is 203 Å². The Morgan fingerprint density at radius 1 is 1.03 bits per heavy atom. The van der Waals surface area contributed by atoms with Crippen LogP contribution in [0.2, 0.25) is 5.02 Å². The van der Waals surface area contributed by atoms with E-state index in [1.165, 1.54) is 25.9 Å². The molecule has 5 rings (SSSR count). The average Bonchev–Trinajstić information content (AvgIpc) is 3.45.